The molecule has 0 saturated heterocycles. The quantitative estimate of drug-likeness (QED) is 0.657. The van der Waals surface area contributed by atoms with E-state index in [4.69, 9.17) is 0 Å². The normalized spacial score (nSPS) is 10.4. The van der Waals surface area contributed by atoms with E-state index in [0.29, 0.717) is 5.52 Å². The van der Waals surface area contributed by atoms with Crippen LogP contribution in [0.1, 0.15) is 0 Å². The number of aromatic nitrogens is 2. The lowest BCUT2D eigenvalue weighted by Gasteiger charge is -2.01. The highest BCUT2D eigenvalue weighted by Gasteiger charge is 2.04. The summed E-state index contributed by atoms with van der Waals surface area (Å²) in [5.74, 6) is 0.236. The Labute approximate surface area is 69.4 Å². The number of phenolic OH excluding ortho intramolecular Hbond substituents is 1. The second-order valence-electron chi connectivity index (χ2n) is 2.49. The molecule has 0 aliphatic carbocycles. The Hall–Kier alpha value is -1.71. The number of para-hydroxylation sites is 1. The fourth-order valence-electron chi connectivity index (χ4n) is 1.23. The molecular formula is C8H9N3O. The molecule has 0 aliphatic rings. The van der Waals surface area contributed by atoms with Crippen LogP contribution < -0.4 is 5.43 Å². The Balaban J connectivity index is 2.83. The van der Waals surface area contributed by atoms with Gasteiger partial charge in [0, 0.05) is 12.4 Å². The van der Waals surface area contributed by atoms with Crippen LogP contribution in [0.25, 0.3) is 10.9 Å². The number of hydrogen-bond donors (Lipinski definition) is 2. The van der Waals surface area contributed by atoms with Crippen molar-refractivity contribution in [3.63, 3.8) is 0 Å². The Morgan fingerprint density at radius 2 is 2.33 bits per heavy atom. The molecule has 0 atom stereocenters. The zero-order chi connectivity index (χ0) is 8.55. The van der Waals surface area contributed by atoms with Crippen molar-refractivity contribution < 1.29 is 5.11 Å². The summed E-state index contributed by atoms with van der Waals surface area (Å²) in [4.78, 5) is 1.53. The van der Waals surface area contributed by atoms with Gasteiger partial charge >= 0.3 is 0 Å². The van der Waals surface area contributed by atoms with Crippen LogP contribution in [0.3, 0.4) is 0 Å². The lowest BCUT2D eigenvalue weighted by molar-refractivity contribution is 0.478. The molecule has 1 heterocycles. The van der Waals surface area contributed by atoms with Crippen LogP contribution in [-0.4, -0.2) is 22.0 Å². The second-order valence-corrected chi connectivity index (χ2v) is 2.49. The number of rotatable bonds is 1. The average Bonchev–Trinajstić information content (AvgIpc) is 2.49. The monoisotopic (exact) mass is 163 g/mol. The van der Waals surface area contributed by atoms with Crippen LogP contribution in [0.5, 0.6) is 5.75 Å². The highest BCUT2D eigenvalue weighted by Crippen LogP contribution is 2.22. The van der Waals surface area contributed by atoms with E-state index >= 15 is 0 Å². The minimum absolute atomic E-state index is 0.236. The summed E-state index contributed by atoms with van der Waals surface area (Å²) < 4.78 is 0. The number of fused-ring (bicyclic) bond motifs is 1. The van der Waals surface area contributed by atoms with E-state index < -0.39 is 0 Å². The summed E-state index contributed by atoms with van der Waals surface area (Å²) in [6.07, 6.45) is 1.70. The maximum Gasteiger partial charge on any atom is 0.143 e. The van der Waals surface area contributed by atoms with Crippen molar-refractivity contribution in [3.8, 4) is 5.75 Å². The molecule has 2 aromatic rings. The van der Waals surface area contributed by atoms with Crippen molar-refractivity contribution in [2.24, 2.45) is 0 Å². The number of hydrogen-bond acceptors (Lipinski definition) is 3. The fourth-order valence-corrected chi connectivity index (χ4v) is 1.23. The molecule has 62 valence electrons. The second kappa shape index (κ2) is 2.41. The average molecular weight is 163 g/mol. The van der Waals surface area contributed by atoms with Gasteiger partial charge in [0.25, 0.3) is 0 Å². The van der Waals surface area contributed by atoms with Crippen molar-refractivity contribution in [1.82, 2.24) is 9.89 Å². The number of nitrogens with one attached hydrogen (secondary N) is 1. The Morgan fingerprint density at radius 1 is 1.50 bits per heavy atom. The highest BCUT2D eigenvalue weighted by molar-refractivity contribution is 5.84. The van der Waals surface area contributed by atoms with Gasteiger partial charge in [-0.15, -0.1) is 0 Å². The van der Waals surface area contributed by atoms with Crippen molar-refractivity contribution in [2.75, 3.05) is 12.5 Å². The summed E-state index contributed by atoms with van der Waals surface area (Å²) in [6, 6.07) is 5.33. The molecule has 0 saturated carbocycles. The molecule has 0 aliphatic heterocycles. The minimum Gasteiger partial charge on any atom is -0.506 e. The number of benzene rings is 1. The summed E-state index contributed by atoms with van der Waals surface area (Å²) in [5.41, 5.74) is 3.54. The maximum absolute atomic E-state index is 9.47. The van der Waals surface area contributed by atoms with Gasteiger partial charge in [-0.25, -0.2) is 0 Å². The minimum atomic E-state index is 0.236. The molecule has 0 spiro atoms. The first-order valence-corrected chi connectivity index (χ1v) is 3.66. The van der Waals surface area contributed by atoms with Crippen LogP contribution in [0.2, 0.25) is 0 Å². The zero-order valence-electron chi connectivity index (χ0n) is 6.65. The van der Waals surface area contributed by atoms with Crippen molar-refractivity contribution in [2.45, 2.75) is 0 Å². The van der Waals surface area contributed by atoms with Crippen LogP contribution in [0.15, 0.2) is 24.4 Å². The SMILES string of the molecule is CNn1ncc2cccc(O)c21. The van der Waals surface area contributed by atoms with E-state index in [2.05, 4.69) is 10.5 Å². The molecule has 2 rings (SSSR count). The first-order chi connectivity index (χ1) is 5.83. The van der Waals surface area contributed by atoms with Crippen LogP contribution in [-0.2, 0) is 0 Å². The molecule has 2 N–H and O–H groups in total. The number of nitrogens with zero attached hydrogens (tertiary/aromatic N) is 2. The first kappa shape index (κ1) is 6.97. The van der Waals surface area contributed by atoms with E-state index in [1.807, 2.05) is 6.07 Å². The predicted octanol–water partition coefficient (Wildman–Crippen LogP) is 0.915. The molecular weight excluding hydrogens is 154 g/mol. The third-order valence-corrected chi connectivity index (χ3v) is 1.78. The smallest absolute Gasteiger partial charge is 0.143 e. The van der Waals surface area contributed by atoms with Gasteiger partial charge < -0.3 is 10.5 Å². The Bertz CT molecular complexity index is 408. The van der Waals surface area contributed by atoms with Gasteiger partial charge in [-0.05, 0) is 6.07 Å². The molecule has 0 amide bonds. The summed E-state index contributed by atoms with van der Waals surface area (Å²) in [5, 5.41) is 14.4. The zero-order valence-corrected chi connectivity index (χ0v) is 6.65. The first-order valence-electron chi connectivity index (χ1n) is 3.66. The van der Waals surface area contributed by atoms with E-state index in [1.54, 1.807) is 25.4 Å². The topological polar surface area (TPSA) is 50.1 Å². The standard InChI is InChI=1S/C8H9N3O/c1-9-11-8-6(5-10-11)3-2-4-7(8)12/h2-5,9,12H,1H3. The van der Waals surface area contributed by atoms with Gasteiger partial charge in [-0.1, -0.05) is 12.1 Å². The van der Waals surface area contributed by atoms with Gasteiger partial charge in [0.15, 0.2) is 0 Å². The Kier molecular flexibility index (Phi) is 1.40. The Morgan fingerprint density at radius 3 is 3.08 bits per heavy atom. The van der Waals surface area contributed by atoms with E-state index in [1.165, 1.54) is 4.79 Å². The van der Waals surface area contributed by atoms with Crippen molar-refractivity contribution >= 4 is 10.9 Å². The van der Waals surface area contributed by atoms with E-state index in [0.717, 1.165) is 5.39 Å². The van der Waals surface area contributed by atoms with E-state index in [-0.39, 0.29) is 5.75 Å². The van der Waals surface area contributed by atoms with Gasteiger partial charge in [0.2, 0.25) is 0 Å². The lowest BCUT2D eigenvalue weighted by Crippen LogP contribution is -2.09. The fraction of sp³-hybridized carbons (Fsp3) is 0.125. The summed E-state index contributed by atoms with van der Waals surface area (Å²) >= 11 is 0. The summed E-state index contributed by atoms with van der Waals surface area (Å²) in [6.45, 7) is 0. The van der Waals surface area contributed by atoms with Crippen LogP contribution in [0.4, 0.5) is 0 Å². The third-order valence-electron chi connectivity index (χ3n) is 1.78. The molecule has 4 heteroatoms. The van der Waals surface area contributed by atoms with Crippen molar-refractivity contribution in [1.29, 1.82) is 0 Å². The van der Waals surface area contributed by atoms with E-state index in [9.17, 15) is 5.11 Å². The van der Waals surface area contributed by atoms with Gasteiger partial charge in [-0.3, -0.25) is 0 Å². The largest absolute Gasteiger partial charge is 0.506 e. The molecule has 0 unspecified atom stereocenters. The molecule has 0 radical (unpaired) electrons. The molecule has 1 aromatic carbocycles. The summed E-state index contributed by atoms with van der Waals surface area (Å²) in [7, 11) is 1.75. The van der Waals surface area contributed by atoms with Crippen molar-refractivity contribution in [3.05, 3.63) is 24.4 Å². The van der Waals surface area contributed by atoms with Gasteiger partial charge in [0.1, 0.15) is 11.3 Å². The molecule has 0 bridgehead atoms. The molecule has 0 fully saturated rings. The maximum atomic E-state index is 9.47. The third kappa shape index (κ3) is 0.812. The lowest BCUT2D eigenvalue weighted by atomic mass is 10.2. The van der Waals surface area contributed by atoms with Crippen LogP contribution >= 0.6 is 0 Å². The van der Waals surface area contributed by atoms with Crippen LogP contribution in [0, 0.1) is 0 Å². The van der Waals surface area contributed by atoms with Gasteiger partial charge in [-0.2, -0.15) is 9.89 Å². The number of aromatic hydroxyl groups is 1. The molecule has 12 heavy (non-hydrogen) atoms. The van der Waals surface area contributed by atoms with Gasteiger partial charge in [0.05, 0.1) is 6.20 Å². The highest BCUT2D eigenvalue weighted by atomic mass is 16.3. The number of phenols is 1. The predicted molar refractivity (Wildman–Crippen MR) is 46.7 cm³/mol. The molecule has 1 aromatic heterocycles. The molecule has 4 nitrogen and oxygen atoms in total.